The van der Waals surface area contributed by atoms with Gasteiger partial charge in [-0.25, -0.2) is 13.8 Å². The Kier molecular flexibility index (Phi) is 5.49. The van der Waals surface area contributed by atoms with Crippen molar-refractivity contribution in [3.63, 3.8) is 0 Å². The first-order chi connectivity index (χ1) is 14.4. The van der Waals surface area contributed by atoms with Gasteiger partial charge in [0.05, 0.1) is 11.1 Å². The molecule has 4 rings (SSSR count). The lowest BCUT2D eigenvalue weighted by Gasteiger charge is -2.10. The van der Waals surface area contributed by atoms with E-state index in [0.29, 0.717) is 22.8 Å². The Morgan fingerprint density at radius 2 is 1.93 bits per heavy atom. The normalized spacial score (nSPS) is 10.9. The number of benzene rings is 2. The standard InChI is InChI=1S/C21H16F2N5O.Al/c1-28-18-7-3-2-5-14(18)20(27-28)26-19-15(6-4-10-24-19)21(29)25-12-13-8-9-16(22)17(23)11-13;/h3-11H,12H2,1H3,(H,25,29)(H,24,26,27);. The first-order valence-electron chi connectivity index (χ1n) is 9.09. The molecule has 2 heterocycles. The summed E-state index contributed by atoms with van der Waals surface area (Å²) in [5.74, 6) is -1.37. The van der Waals surface area contributed by atoms with Gasteiger partial charge in [0, 0.05) is 25.2 Å². The molecular formula is C21H16AlF2N5O. The molecule has 0 spiro atoms. The van der Waals surface area contributed by atoms with Gasteiger partial charge in [-0.3, -0.25) is 9.48 Å². The predicted molar refractivity (Wildman–Crippen MR) is 111 cm³/mol. The molecule has 4 aromatic rings. The van der Waals surface area contributed by atoms with Crippen LogP contribution in [0.25, 0.3) is 10.9 Å². The Morgan fingerprint density at radius 1 is 1.10 bits per heavy atom. The van der Waals surface area contributed by atoms with E-state index in [2.05, 4.69) is 37.0 Å². The zero-order chi connectivity index (χ0) is 21.3. The third kappa shape index (κ3) is 4.03. The van der Waals surface area contributed by atoms with E-state index < -0.39 is 17.5 Å². The summed E-state index contributed by atoms with van der Waals surface area (Å²) in [4.78, 5) is 17.0. The van der Waals surface area contributed by atoms with Crippen molar-refractivity contribution < 1.29 is 13.6 Å². The minimum absolute atomic E-state index is 0.0489. The maximum Gasteiger partial charge on any atom is 0.255 e. The summed E-state index contributed by atoms with van der Waals surface area (Å²) in [5.41, 5.74) is 1.69. The van der Waals surface area contributed by atoms with Crippen LogP contribution in [0.2, 0.25) is 0 Å². The van der Waals surface area contributed by atoms with Crippen LogP contribution in [-0.2, 0) is 13.6 Å². The quantitative estimate of drug-likeness (QED) is 0.488. The van der Waals surface area contributed by atoms with Crippen LogP contribution < -0.4 is 15.1 Å². The van der Waals surface area contributed by atoms with Crippen LogP contribution >= 0.6 is 0 Å². The number of aromatic nitrogens is 3. The van der Waals surface area contributed by atoms with E-state index in [1.807, 2.05) is 25.2 Å². The largest absolute Gasteiger partial charge is 0.348 e. The summed E-state index contributed by atoms with van der Waals surface area (Å²) in [5, 5.41) is 11.2. The zero-order valence-electron chi connectivity index (χ0n) is 16.0. The number of pyridine rings is 1. The predicted octanol–water partition coefficient (Wildman–Crippen LogP) is 2.71. The van der Waals surface area contributed by atoms with Gasteiger partial charge in [0.1, 0.15) is 5.82 Å². The molecule has 0 atom stereocenters. The fourth-order valence-corrected chi connectivity index (χ4v) is 3.37. The second kappa shape index (κ2) is 8.22. The fourth-order valence-electron chi connectivity index (χ4n) is 3.10. The summed E-state index contributed by atoms with van der Waals surface area (Å²) in [7, 11) is 1.84. The lowest BCUT2D eigenvalue weighted by Crippen LogP contribution is -2.24. The molecule has 2 aromatic heterocycles. The van der Waals surface area contributed by atoms with Gasteiger partial charge in [-0.05, 0) is 35.9 Å². The third-order valence-electron chi connectivity index (χ3n) is 4.60. The van der Waals surface area contributed by atoms with E-state index >= 15 is 0 Å². The SMILES string of the molecule is Cn1nc(Nc2ncccc2C(=O)NCc2ccc(F)c(F)c2)c2c[c]([Al])ccc21. The van der Waals surface area contributed by atoms with Crippen LogP contribution in [0.5, 0.6) is 0 Å². The lowest BCUT2D eigenvalue weighted by molar-refractivity contribution is 0.0951. The molecule has 0 aliphatic carbocycles. The minimum Gasteiger partial charge on any atom is -0.348 e. The highest BCUT2D eigenvalue weighted by molar-refractivity contribution is 6.33. The second-order valence-electron chi connectivity index (χ2n) is 6.70. The topological polar surface area (TPSA) is 71.8 Å². The molecule has 0 unspecified atom stereocenters. The number of aryl methyl sites for hydroxylation is 1. The molecule has 0 saturated carbocycles. The van der Waals surface area contributed by atoms with E-state index in [1.165, 1.54) is 6.07 Å². The first-order valence-corrected chi connectivity index (χ1v) is 9.66. The molecule has 0 fully saturated rings. The highest BCUT2D eigenvalue weighted by Gasteiger charge is 2.16. The maximum absolute atomic E-state index is 13.4. The molecule has 2 N–H and O–H groups in total. The van der Waals surface area contributed by atoms with Crippen molar-refractivity contribution in [2.45, 2.75) is 6.54 Å². The summed E-state index contributed by atoms with van der Waals surface area (Å²) in [6.45, 7) is 0.0489. The molecule has 0 aliphatic heterocycles. The van der Waals surface area contributed by atoms with Gasteiger partial charge < -0.3 is 10.6 Å². The highest BCUT2D eigenvalue weighted by Crippen LogP contribution is 2.25. The number of nitrogens with zero attached hydrogens (tertiary/aromatic N) is 3. The molecule has 148 valence electrons. The number of carbonyl (C=O) groups excluding carboxylic acids is 1. The summed E-state index contributed by atoms with van der Waals surface area (Å²) < 4.78 is 29.2. The number of anilines is 2. The molecule has 6 nitrogen and oxygen atoms in total. The second-order valence-corrected chi connectivity index (χ2v) is 7.37. The van der Waals surface area contributed by atoms with Crippen LogP contribution in [0.1, 0.15) is 15.9 Å². The van der Waals surface area contributed by atoms with Gasteiger partial charge in [0.15, 0.2) is 33.7 Å². The van der Waals surface area contributed by atoms with Crippen molar-refractivity contribution in [1.29, 1.82) is 0 Å². The van der Waals surface area contributed by atoms with Crippen molar-refractivity contribution in [2.24, 2.45) is 7.05 Å². The molecule has 0 aliphatic rings. The van der Waals surface area contributed by atoms with Crippen molar-refractivity contribution in [3.05, 3.63) is 77.5 Å². The average Bonchev–Trinajstić information content (AvgIpc) is 3.03. The minimum atomic E-state index is -0.957. The summed E-state index contributed by atoms with van der Waals surface area (Å²) in [6.07, 6.45) is 1.57. The van der Waals surface area contributed by atoms with Crippen LogP contribution in [0.3, 0.4) is 0 Å². The van der Waals surface area contributed by atoms with Gasteiger partial charge in [0.25, 0.3) is 5.91 Å². The number of hydrogen-bond donors (Lipinski definition) is 2. The number of nitrogens with one attached hydrogen (secondary N) is 2. The van der Waals surface area contributed by atoms with Gasteiger partial charge in [0.2, 0.25) is 0 Å². The maximum atomic E-state index is 13.4. The van der Waals surface area contributed by atoms with Gasteiger partial charge in [-0.2, -0.15) is 5.10 Å². The van der Waals surface area contributed by atoms with Crippen LogP contribution in [-0.4, -0.2) is 37.0 Å². The van der Waals surface area contributed by atoms with Gasteiger partial charge in [-0.1, -0.05) is 18.2 Å². The van der Waals surface area contributed by atoms with Crippen LogP contribution in [0.15, 0.2) is 54.7 Å². The molecule has 0 saturated heterocycles. The first kappa shape index (κ1) is 20.0. The number of amides is 1. The smallest absolute Gasteiger partial charge is 0.255 e. The number of fused-ring (bicyclic) bond motifs is 1. The van der Waals surface area contributed by atoms with E-state index in [9.17, 15) is 13.6 Å². The molecule has 1 amide bonds. The molecule has 0 bridgehead atoms. The Labute approximate surface area is 179 Å². The Morgan fingerprint density at radius 3 is 2.73 bits per heavy atom. The van der Waals surface area contributed by atoms with Crippen molar-refractivity contribution in [1.82, 2.24) is 20.1 Å². The number of carbonyl (C=O) groups is 1. The van der Waals surface area contributed by atoms with Crippen LogP contribution in [0, 0.1) is 11.6 Å². The molecule has 2 aromatic carbocycles. The zero-order valence-corrected chi connectivity index (χ0v) is 17.1. The van der Waals surface area contributed by atoms with Crippen molar-refractivity contribution in [3.8, 4) is 0 Å². The van der Waals surface area contributed by atoms with E-state index in [1.54, 1.807) is 23.0 Å². The average molecular weight is 419 g/mol. The van der Waals surface area contributed by atoms with Gasteiger partial charge >= 0.3 is 0 Å². The highest BCUT2D eigenvalue weighted by atomic mass is 27.0. The number of rotatable bonds is 5. The summed E-state index contributed by atoms with van der Waals surface area (Å²) >= 11 is 2.64. The Bertz CT molecular complexity index is 1260. The van der Waals surface area contributed by atoms with E-state index in [4.69, 9.17) is 0 Å². The molecule has 2 radical (unpaired) electrons. The van der Waals surface area contributed by atoms with Crippen LogP contribution in [0.4, 0.5) is 20.4 Å². The molecule has 30 heavy (non-hydrogen) atoms. The number of hydrogen-bond acceptors (Lipinski definition) is 4. The Balaban J connectivity index is 1.57. The molecular weight excluding hydrogens is 403 g/mol. The number of halogens is 2. The van der Waals surface area contributed by atoms with Crippen molar-refractivity contribution >= 4 is 49.2 Å². The van der Waals surface area contributed by atoms with E-state index in [-0.39, 0.29) is 6.54 Å². The molecule has 9 heteroatoms. The fraction of sp³-hybridized carbons (Fsp3) is 0.0952. The summed E-state index contributed by atoms with van der Waals surface area (Å²) in [6, 6.07) is 12.7. The van der Waals surface area contributed by atoms with Crippen molar-refractivity contribution in [2.75, 3.05) is 5.32 Å². The van der Waals surface area contributed by atoms with Gasteiger partial charge in [-0.15, -0.1) is 4.43 Å². The van der Waals surface area contributed by atoms with E-state index in [0.717, 1.165) is 27.5 Å². The lowest BCUT2D eigenvalue weighted by atomic mass is 10.2. The Hall–Kier alpha value is -3.28. The monoisotopic (exact) mass is 419 g/mol. The third-order valence-corrected chi connectivity index (χ3v) is 4.96.